The molecule has 0 spiro atoms. The van der Waals surface area contributed by atoms with Crippen molar-refractivity contribution in [1.29, 1.82) is 0 Å². The molecule has 0 bridgehead atoms. The first kappa shape index (κ1) is 23.6. The predicted octanol–water partition coefficient (Wildman–Crippen LogP) is 4.11. The number of carbonyl (C=O) groups excluding carboxylic acids is 2. The Bertz CT molecular complexity index is 1310. The van der Waals surface area contributed by atoms with Gasteiger partial charge < -0.3 is 20.3 Å². The number of piperidine rings is 1. The van der Waals surface area contributed by atoms with E-state index in [1.165, 1.54) is 0 Å². The van der Waals surface area contributed by atoms with E-state index in [-0.39, 0.29) is 23.7 Å². The fourth-order valence-corrected chi connectivity index (χ4v) is 5.03. The number of nitrogens with one attached hydrogen (secondary N) is 3. The molecule has 9 nitrogen and oxygen atoms in total. The van der Waals surface area contributed by atoms with Crippen molar-refractivity contribution >= 4 is 29.3 Å². The summed E-state index contributed by atoms with van der Waals surface area (Å²) >= 11 is 0. The summed E-state index contributed by atoms with van der Waals surface area (Å²) in [6, 6.07) is 16.3. The van der Waals surface area contributed by atoms with E-state index >= 15 is 0 Å². The Morgan fingerprint density at radius 3 is 2.36 bits per heavy atom. The standard InChI is InChI=1S/C27H29N5O4/c1-16-12-17(2)15-32(14-16)27-30-24-23(26(35)31-27)21(13-22(33)29-24)25(34)28-18-8-10-20(11-9-18)36-19-6-4-3-5-7-19/h3-11,16-17,21H,12-15H2,1-2H3,(H,28,34)(H2,29,30,31,33,35). The van der Waals surface area contributed by atoms with Gasteiger partial charge in [0.25, 0.3) is 5.56 Å². The zero-order valence-corrected chi connectivity index (χ0v) is 20.3. The number of hydrogen-bond donors (Lipinski definition) is 3. The summed E-state index contributed by atoms with van der Waals surface area (Å²) in [5.41, 5.74) is 0.302. The molecule has 0 saturated carbocycles. The maximum Gasteiger partial charge on any atom is 0.258 e. The number of amides is 2. The Balaban J connectivity index is 1.34. The monoisotopic (exact) mass is 487 g/mol. The summed E-state index contributed by atoms with van der Waals surface area (Å²) in [7, 11) is 0. The maximum atomic E-state index is 13.2. The number of hydrogen-bond acceptors (Lipinski definition) is 6. The van der Waals surface area contributed by atoms with Gasteiger partial charge in [-0.2, -0.15) is 4.98 Å². The van der Waals surface area contributed by atoms with Crippen LogP contribution in [0.5, 0.6) is 11.5 Å². The van der Waals surface area contributed by atoms with E-state index in [1.54, 1.807) is 24.3 Å². The molecule has 1 saturated heterocycles. The Kier molecular flexibility index (Phi) is 6.45. The number of anilines is 3. The van der Waals surface area contributed by atoms with Gasteiger partial charge in [0.1, 0.15) is 17.3 Å². The summed E-state index contributed by atoms with van der Waals surface area (Å²) in [6.07, 6.45) is 0.986. The van der Waals surface area contributed by atoms with Crippen molar-refractivity contribution in [3.05, 3.63) is 70.5 Å². The van der Waals surface area contributed by atoms with Crippen LogP contribution in [-0.2, 0) is 9.59 Å². The van der Waals surface area contributed by atoms with Crippen molar-refractivity contribution in [2.24, 2.45) is 11.8 Å². The van der Waals surface area contributed by atoms with Gasteiger partial charge in [-0.15, -0.1) is 0 Å². The van der Waals surface area contributed by atoms with E-state index < -0.39 is 17.4 Å². The first-order chi connectivity index (χ1) is 17.4. The average Bonchev–Trinajstić information content (AvgIpc) is 2.84. The Morgan fingerprint density at radius 1 is 1.00 bits per heavy atom. The molecule has 9 heteroatoms. The van der Waals surface area contributed by atoms with Crippen LogP contribution in [0.2, 0.25) is 0 Å². The molecule has 2 aliphatic heterocycles. The van der Waals surface area contributed by atoms with Crippen LogP contribution in [0.1, 0.15) is 38.2 Å². The second-order valence-electron chi connectivity index (χ2n) is 9.74. The minimum absolute atomic E-state index is 0.129. The minimum Gasteiger partial charge on any atom is -0.457 e. The maximum absolute atomic E-state index is 13.2. The lowest BCUT2D eigenvalue weighted by atomic mass is 9.91. The first-order valence-electron chi connectivity index (χ1n) is 12.2. The molecule has 2 aliphatic rings. The summed E-state index contributed by atoms with van der Waals surface area (Å²) in [6.45, 7) is 5.88. The quantitative estimate of drug-likeness (QED) is 0.499. The summed E-state index contributed by atoms with van der Waals surface area (Å²) in [4.78, 5) is 48.2. The van der Waals surface area contributed by atoms with Gasteiger partial charge in [-0.05, 0) is 54.7 Å². The smallest absolute Gasteiger partial charge is 0.258 e. The highest BCUT2D eigenvalue weighted by Gasteiger charge is 2.35. The molecular weight excluding hydrogens is 458 g/mol. The Hall–Kier alpha value is -4.14. The molecule has 3 N–H and O–H groups in total. The molecule has 3 aromatic rings. The number of nitrogens with zero attached hydrogens (tertiary/aromatic N) is 2. The molecule has 3 atom stereocenters. The number of benzene rings is 2. The average molecular weight is 488 g/mol. The second-order valence-corrected chi connectivity index (χ2v) is 9.74. The molecule has 1 fully saturated rings. The highest BCUT2D eigenvalue weighted by molar-refractivity contribution is 6.04. The molecule has 3 unspecified atom stereocenters. The molecule has 2 amide bonds. The molecule has 5 rings (SSSR count). The van der Waals surface area contributed by atoms with Crippen molar-refractivity contribution < 1.29 is 14.3 Å². The third-order valence-corrected chi connectivity index (χ3v) is 6.52. The lowest BCUT2D eigenvalue weighted by Crippen LogP contribution is -2.42. The van der Waals surface area contributed by atoms with Crippen molar-refractivity contribution in [3.8, 4) is 11.5 Å². The highest BCUT2D eigenvalue weighted by atomic mass is 16.5. The van der Waals surface area contributed by atoms with Crippen LogP contribution < -0.4 is 25.8 Å². The van der Waals surface area contributed by atoms with E-state index in [0.717, 1.165) is 19.5 Å². The zero-order chi connectivity index (χ0) is 25.2. The lowest BCUT2D eigenvalue weighted by Gasteiger charge is -2.35. The topological polar surface area (TPSA) is 116 Å². The van der Waals surface area contributed by atoms with Crippen LogP contribution in [-0.4, -0.2) is 34.9 Å². The molecule has 1 aromatic heterocycles. The predicted molar refractivity (Wildman–Crippen MR) is 138 cm³/mol. The van der Waals surface area contributed by atoms with Gasteiger partial charge in [-0.3, -0.25) is 19.4 Å². The molecule has 2 aromatic carbocycles. The first-order valence-corrected chi connectivity index (χ1v) is 12.2. The number of fused-ring (bicyclic) bond motifs is 1. The van der Waals surface area contributed by atoms with Crippen LogP contribution in [0.15, 0.2) is 59.4 Å². The summed E-state index contributed by atoms with van der Waals surface area (Å²) < 4.78 is 5.78. The Morgan fingerprint density at radius 2 is 1.67 bits per heavy atom. The van der Waals surface area contributed by atoms with Gasteiger partial charge in [0.2, 0.25) is 17.8 Å². The van der Waals surface area contributed by atoms with Crippen LogP contribution in [0, 0.1) is 11.8 Å². The number of carbonyl (C=O) groups is 2. The molecule has 0 aliphatic carbocycles. The molecule has 186 valence electrons. The fourth-order valence-electron chi connectivity index (χ4n) is 5.03. The number of aromatic nitrogens is 2. The van der Waals surface area contributed by atoms with Gasteiger partial charge >= 0.3 is 0 Å². The van der Waals surface area contributed by atoms with Crippen molar-refractivity contribution in [3.63, 3.8) is 0 Å². The van der Waals surface area contributed by atoms with Crippen molar-refractivity contribution in [1.82, 2.24) is 9.97 Å². The fraction of sp³-hybridized carbons (Fsp3) is 0.333. The van der Waals surface area contributed by atoms with Gasteiger partial charge in [-0.25, -0.2) is 0 Å². The highest BCUT2D eigenvalue weighted by Crippen LogP contribution is 2.32. The van der Waals surface area contributed by atoms with E-state index in [1.807, 2.05) is 35.2 Å². The van der Waals surface area contributed by atoms with Crippen LogP contribution in [0.3, 0.4) is 0 Å². The van der Waals surface area contributed by atoms with E-state index in [2.05, 4.69) is 34.4 Å². The summed E-state index contributed by atoms with van der Waals surface area (Å²) in [5, 5.41) is 5.50. The van der Waals surface area contributed by atoms with Gasteiger partial charge in [-0.1, -0.05) is 32.0 Å². The number of aromatic amines is 1. The zero-order valence-electron chi connectivity index (χ0n) is 20.3. The minimum atomic E-state index is -0.946. The summed E-state index contributed by atoms with van der Waals surface area (Å²) in [5.74, 6) is 1.10. The number of H-pyrrole nitrogens is 1. The Labute approximate surface area is 208 Å². The third-order valence-electron chi connectivity index (χ3n) is 6.52. The van der Waals surface area contributed by atoms with Gasteiger partial charge in [0, 0.05) is 25.2 Å². The SMILES string of the molecule is CC1CC(C)CN(c2nc3c(c(=O)[nH]2)C(C(=O)Nc2ccc(Oc4ccccc4)cc2)CC(=O)N3)C1. The number of ether oxygens (including phenoxy) is 1. The molecule has 0 radical (unpaired) electrons. The molecular formula is C27H29N5O4. The second kappa shape index (κ2) is 9.85. The molecule has 3 heterocycles. The lowest BCUT2D eigenvalue weighted by molar-refractivity contribution is -0.123. The van der Waals surface area contributed by atoms with Crippen LogP contribution >= 0.6 is 0 Å². The van der Waals surface area contributed by atoms with E-state index in [0.29, 0.717) is 35.0 Å². The number of para-hydroxylation sites is 1. The normalized spacial score (nSPS) is 21.3. The number of rotatable bonds is 5. The van der Waals surface area contributed by atoms with Crippen molar-refractivity contribution in [2.75, 3.05) is 28.6 Å². The van der Waals surface area contributed by atoms with Gasteiger partial charge in [0.05, 0.1) is 11.5 Å². The third kappa shape index (κ3) is 5.10. The van der Waals surface area contributed by atoms with Crippen LogP contribution in [0.25, 0.3) is 0 Å². The van der Waals surface area contributed by atoms with Crippen molar-refractivity contribution in [2.45, 2.75) is 32.6 Å². The van der Waals surface area contributed by atoms with Crippen LogP contribution in [0.4, 0.5) is 17.5 Å². The van der Waals surface area contributed by atoms with Gasteiger partial charge in [0.15, 0.2) is 0 Å². The van der Waals surface area contributed by atoms with E-state index in [9.17, 15) is 14.4 Å². The molecule has 36 heavy (non-hydrogen) atoms. The van der Waals surface area contributed by atoms with E-state index in [4.69, 9.17) is 4.74 Å². The largest absolute Gasteiger partial charge is 0.457 e.